The topological polar surface area (TPSA) is 97.8 Å². The molecule has 0 bridgehead atoms. The molecule has 0 saturated carbocycles. The van der Waals surface area contributed by atoms with Gasteiger partial charge < -0.3 is 14.6 Å². The summed E-state index contributed by atoms with van der Waals surface area (Å²) in [7, 11) is -3.73. The number of ether oxygens (including phenoxy) is 2. The Morgan fingerprint density at radius 2 is 2.04 bits per heavy atom. The number of aliphatic hydroxyl groups excluding tert-OH is 1. The molecule has 0 radical (unpaired) electrons. The largest absolute Gasteiger partial charge is 0.494 e. The third-order valence-corrected chi connectivity index (χ3v) is 4.14. The van der Waals surface area contributed by atoms with Crippen LogP contribution in [0.4, 0.5) is 5.69 Å². The lowest BCUT2D eigenvalue weighted by Gasteiger charge is -2.10. The highest BCUT2D eigenvalue weighted by atomic mass is 32.2. The van der Waals surface area contributed by atoms with E-state index in [1.165, 1.54) is 30.5 Å². The van der Waals surface area contributed by atoms with Crippen LogP contribution in [0.1, 0.15) is 6.92 Å². The number of nitrogens with zero attached hydrogens (tertiary/aromatic N) is 1. The average Bonchev–Trinajstić information content (AvgIpc) is 2.54. The summed E-state index contributed by atoms with van der Waals surface area (Å²) in [6, 6.07) is 9.30. The molecule has 7 nitrogen and oxygen atoms in total. The third kappa shape index (κ3) is 4.83. The van der Waals surface area contributed by atoms with Gasteiger partial charge in [0.2, 0.25) is 5.88 Å². The lowest BCUT2D eigenvalue weighted by Crippen LogP contribution is -2.13. The zero-order valence-electron chi connectivity index (χ0n) is 12.6. The first-order valence-electron chi connectivity index (χ1n) is 7.00. The molecule has 1 aromatic carbocycles. The van der Waals surface area contributed by atoms with Crippen LogP contribution >= 0.6 is 0 Å². The second kappa shape index (κ2) is 7.80. The molecule has 2 N–H and O–H groups in total. The van der Waals surface area contributed by atoms with Crippen molar-refractivity contribution in [1.82, 2.24) is 4.98 Å². The normalized spacial score (nSPS) is 11.0. The Morgan fingerprint density at radius 3 is 2.70 bits per heavy atom. The summed E-state index contributed by atoms with van der Waals surface area (Å²) in [5.41, 5.74) is 0.308. The minimum atomic E-state index is -3.73. The summed E-state index contributed by atoms with van der Waals surface area (Å²) in [6.45, 7) is 2.29. The lowest BCUT2D eigenvalue weighted by atomic mass is 10.3. The Morgan fingerprint density at radius 1 is 1.22 bits per heavy atom. The quantitative estimate of drug-likeness (QED) is 0.759. The van der Waals surface area contributed by atoms with E-state index in [1.54, 1.807) is 12.1 Å². The number of rotatable bonds is 8. The number of aromatic nitrogens is 1. The van der Waals surface area contributed by atoms with Crippen LogP contribution in [-0.4, -0.2) is 38.3 Å². The molecular weight excluding hydrogens is 320 g/mol. The number of pyridine rings is 1. The zero-order chi connectivity index (χ0) is 16.7. The smallest absolute Gasteiger partial charge is 0.262 e. The van der Waals surface area contributed by atoms with Crippen LogP contribution in [0.2, 0.25) is 0 Å². The maximum absolute atomic E-state index is 12.4. The van der Waals surface area contributed by atoms with E-state index in [0.29, 0.717) is 23.9 Å². The van der Waals surface area contributed by atoms with Gasteiger partial charge in [0.1, 0.15) is 12.4 Å². The Hall–Kier alpha value is -2.32. The summed E-state index contributed by atoms with van der Waals surface area (Å²) in [5.74, 6) is 0.793. The van der Waals surface area contributed by atoms with Gasteiger partial charge in [-0.2, -0.15) is 0 Å². The number of sulfonamides is 1. The monoisotopic (exact) mass is 338 g/mol. The van der Waals surface area contributed by atoms with Gasteiger partial charge in [0.15, 0.2) is 0 Å². The fourth-order valence-electron chi connectivity index (χ4n) is 1.79. The molecule has 124 valence electrons. The van der Waals surface area contributed by atoms with Gasteiger partial charge in [0, 0.05) is 12.1 Å². The summed E-state index contributed by atoms with van der Waals surface area (Å²) in [6.07, 6.45) is 1.34. The minimum Gasteiger partial charge on any atom is -0.494 e. The summed E-state index contributed by atoms with van der Waals surface area (Å²) in [5, 5.41) is 8.67. The highest BCUT2D eigenvalue weighted by molar-refractivity contribution is 7.92. The summed E-state index contributed by atoms with van der Waals surface area (Å²) in [4.78, 5) is 4.06. The van der Waals surface area contributed by atoms with Crippen LogP contribution < -0.4 is 14.2 Å². The minimum absolute atomic E-state index is 0.101. The van der Waals surface area contributed by atoms with Crippen LogP contribution in [-0.2, 0) is 10.0 Å². The van der Waals surface area contributed by atoms with Crippen molar-refractivity contribution in [3.63, 3.8) is 0 Å². The standard InChI is InChI=1S/C15H18N2O5S/c1-2-21-13-4-3-5-14(10-13)23(19,20)17-12-6-7-15(16-11-12)22-9-8-18/h3-7,10-11,17-18H,2,8-9H2,1H3. The number of benzene rings is 1. The molecule has 0 fully saturated rings. The van der Waals surface area contributed by atoms with Gasteiger partial charge in [-0.1, -0.05) is 6.07 Å². The average molecular weight is 338 g/mol. The van der Waals surface area contributed by atoms with Gasteiger partial charge in [0.05, 0.1) is 30.0 Å². The number of hydrogen-bond donors (Lipinski definition) is 2. The molecule has 0 aliphatic carbocycles. The molecule has 8 heteroatoms. The Bertz CT molecular complexity index is 732. The Kier molecular flexibility index (Phi) is 5.78. The van der Waals surface area contributed by atoms with Gasteiger partial charge in [-0.25, -0.2) is 13.4 Å². The first kappa shape index (κ1) is 17.0. The van der Waals surface area contributed by atoms with Crippen LogP contribution in [0.3, 0.4) is 0 Å². The molecule has 0 aliphatic rings. The summed E-state index contributed by atoms with van der Waals surface area (Å²) >= 11 is 0. The van der Waals surface area contributed by atoms with Crippen molar-refractivity contribution in [1.29, 1.82) is 0 Å². The molecule has 0 atom stereocenters. The second-order valence-corrected chi connectivity index (χ2v) is 6.15. The highest BCUT2D eigenvalue weighted by Crippen LogP contribution is 2.21. The van der Waals surface area contributed by atoms with Crippen molar-refractivity contribution in [2.24, 2.45) is 0 Å². The number of aliphatic hydroxyl groups is 1. The van der Waals surface area contributed by atoms with E-state index in [1.807, 2.05) is 6.92 Å². The molecule has 0 aliphatic heterocycles. The van der Waals surface area contributed by atoms with Crippen molar-refractivity contribution in [3.05, 3.63) is 42.6 Å². The zero-order valence-corrected chi connectivity index (χ0v) is 13.4. The first-order valence-corrected chi connectivity index (χ1v) is 8.49. The van der Waals surface area contributed by atoms with E-state index < -0.39 is 10.0 Å². The SMILES string of the molecule is CCOc1cccc(S(=O)(=O)Nc2ccc(OCCO)nc2)c1. The van der Waals surface area contributed by atoms with Gasteiger partial charge in [-0.3, -0.25) is 4.72 Å². The summed E-state index contributed by atoms with van der Waals surface area (Å²) < 4.78 is 37.6. The van der Waals surface area contributed by atoms with Crippen molar-refractivity contribution in [2.75, 3.05) is 24.5 Å². The van der Waals surface area contributed by atoms with Gasteiger partial charge in [0.25, 0.3) is 10.0 Å². The van der Waals surface area contributed by atoms with Crippen molar-refractivity contribution < 1.29 is 23.0 Å². The predicted molar refractivity (Wildman–Crippen MR) is 85.2 cm³/mol. The van der Waals surface area contributed by atoms with E-state index in [2.05, 4.69) is 9.71 Å². The van der Waals surface area contributed by atoms with E-state index in [9.17, 15) is 8.42 Å². The maximum atomic E-state index is 12.4. The molecule has 2 aromatic rings. The Balaban J connectivity index is 2.13. The van der Waals surface area contributed by atoms with Crippen LogP contribution in [0.25, 0.3) is 0 Å². The molecular formula is C15H18N2O5S. The van der Waals surface area contributed by atoms with Crippen LogP contribution in [0.15, 0.2) is 47.5 Å². The fraction of sp³-hybridized carbons (Fsp3) is 0.267. The third-order valence-electron chi connectivity index (χ3n) is 2.76. The molecule has 0 spiro atoms. The van der Waals surface area contributed by atoms with Gasteiger partial charge >= 0.3 is 0 Å². The number of nitrogens with one attached hydrogen (secondary N) is 1. The maximum Gasteiger partial charge on any atom is 0.262 e. The van der Waals surface area contributed by atoms with Crippen LogP contribution in [0, 0.1) is 0 Å². The first-order chi connectivity index (χ1) is 11.0. The molecule has 1 aromatic heterocycles. The van der Waals surface area contributed by atoms with E-state index in [0.717, 1.165) is 0 Å². The molecule has 2 rings (SSSR count). The number of anilines is 1. The number of hydrogen-bond acceptors (Lipinski definition) is 6. The fourth-order valence-corrected chi connectivity index (χ4v) is 2.87. The van der Waals surface area contributed by atoms with Crippen molar-refractivity contribution in [3.8, 4) is 11.6 Å². The van der Waals surface area contributed by atoms with E-state index in [-0.39, 0.29) is 18.1 Å². The molecule has 0 unspecified atom stereocenters. The van der Waals surface area contributed by atoms with Crippen molar-refractivity contribution >= 4 is 15.7 Å². The van der Waals surface area contributed by atoms with Gasteiger partial charge in [-0.15, -0.1) is 0 Å². The highest BCUT2D eigenvalue weighted by Gasteiger charge is 2.15. The van der Waals surface area contributed by atoms with E-state index >= 15 is 0 Å². The molecule has 23 heavy (non-hydrogen) atoms. The lowest BCUT2D eigenvalue weighted by molar-refractivity contribution is 0.197. The molecule has 0 saturated heterocycles. The van der Waals surface area contributed by atoms with Crippen molar-refractivity contribution in [2.45, 2.75) is 11.8 Å². The molecule has 0 amide bonds. The second-order valence-electron chi connectivity index (χ2n) is 4.47. The molecule has 1 heterocycles. The van der Waals surface area contributed by atoms with Crippen LogP contribution in [0.5, 0.6) is 11.6 Å². The predicted octanol–water partition coefficient (Wildman–Crippen LogP) is 1.65. The van der Waals surface area contributed by atoms with Gasteiger partial charge in [-0.05, 0) is 25.1 Å². The van der Waals surface area contributed by atoms with E-state index in [4.69, 9.17) is 14.6 Å². The Labute approximate surface area is 134 Å².